The highest BCUT2D eigenvalue weighted by molar-refractivity contribution is 5.88. The number of methoxy groups -OCH3 is 1. The number of amides is 2. The molecule has 2 fully saturated rings. The van der Waals surface area contributed by atoms with Crippen LogP contribution in [0.25, 0.3) is 0 Å². The van der Waals surface area contributed by atoms with Gasteiger partial charge in [-0.05, 0) is 12.8 Å². The molecule has 1 heterocycles. The number of halogens is 1. The summed E-state index contributed by atoms with van der Waals surface area (Å²) < 4.78 is 4.84. The Morgan fingerprint density at radius 3 is 2.67 bits per heavy atom. The van der Waals surface area contributed by atoms with E-state index in [9.17, 15) is 9.59 Å². The normalized spacial score (nSPS) is 21.6. The number of rotatable bonds is 4. The number of piperazine rings is 1. The van der Waals surface area contributed by atoms with Crippen molar-refractivity contribution in [3.8, 4) is 0 Å². The molecule has 2 N–H and O–H groups in total. The fraction of sp³-hybridized carbons (Fsp3) is 0.818. The van der Waals surface area contributed by atoms with Gasteiger partial charge in [0.2, 0.25) is 11.8 Å². The molecular weight excluding hydrogens is 258 g/mol. The van der Waals surface area contributed by atoms with Crippen molar-refractivity contribution < 1.29 is 14.3 Å². The minimum absolute atomic E-state index is 0. The molecule has 1 saturated carbocycles. The molecule has 7 heteroatoms. The average Bonchev–Trinajstić information content (AvgIpc) is 3.12. The van der Waals surface area contributed by atoms with Crippen LogP contribution < -0.4 is 5.73 Å². The van der Waals surface area contributed by atoms with Crippen LogP contribution in [0.3, 0.4) is 0 Å². The first-order chi connectivity index (χ1) is 8.13. The van der Waals surface area contributed by atoms with Crippen molar-refractivity contribution >= 4 is 24.2 Å². The van der Waals surface area contributed by atoms with E-state index in [1.807, 2.05) is 4.90 Å². The van der Waals surface area contributed by atoms with Gasteiger partial charge in [0.05, 0.1) is 13.2 Å². The highest BCUT2D eigenvalue weighted by Gasteiger charge is 2.37. The Bertz CT molecular complexity index is 323. The molecule has 104 valence electrons. The summed E-state index contributed by atoms with van der Waals surface area (Å²) in [5, 5.41) is 0. The Morgan fingerprint density at radius 2 is 2.17 bits per heavy atom. The minimum Gasteiger partial charge on any atom is -0.383 e. The van der Waals surface area contributed by atoms with Crippen LogP contribution in [0.1, 0.15) is 12.8 Å². The highest BCUT2D eigenvalue weighted by atomic mass is 35.5. The topological polar surface area (TPSA) is 75.9 Å². The third-order valence-electron chi connectivity index (χ3n) is 3.22. The van der Waals surface area contributed by atoms with Crippen LogP contribution in [0.5, 0.6) is 0 Å². The van der Waals surface area contributed by atoms with E-state index in [1.165, 1.54) is 12.0 Å². The van der Waals surface area contributed by atoms with Gasteiger partial charge >= 0.3 is 0 Å². The molecule has 1 atom stereocenters. The standard InChI is InChI=1S/C11H19N3O3.ClH/c1-17-7-9(12)11(16)13-4-5-14(8-2-3-8)10(15)6-13;/h8-9H,2-7,12H2,1H3;1H. The Labute approximate surface area is 113 Å². The largest absolute Gasteiger partial charge is 0.383 e. The predicted molar refractivity (Wildman–Crippen MR) is 68.4 cm³/mol. The van der Waals surface area contributed by atoms with Gasteiger partial charge in [-0.25, -0.2) is 0 Å². The van der Waals surface area contributed by atoms with Crippen molar-refractivity contribution in [2.45, 2.75) is 24.9 Å². The molecule has 1 aliphatic heterocycles. The molecule has 0 aromatic rings. The fourth-order valence-corrected chi connectivity index (χ4v) is 2.13. The van der Waals surface area contributed by atoms with Crippen molar-refractivity contribution in [3.63, 3.8) is 0 Å². The van der Waals surface area contributed by atoms with Crippen molar-refractivity contribution in [1.82, 2.24) is 9.80 Å². The summed E-state index contributed by atoms with van der Waals surface area (Å²) in [6.45, 7) is 1.57. The molecule has 6 nitrogen and oxygen atoms in total. The highest BCUT2D eigenvalue weighted by Crippen LogP contribution is 2.28. The van der Waals surface area contributed by atoms with Crippen LogP contribution in [-0.4, -0.2) is 67.0 Å². The van der Waals surface area contributed by atoms with Crippen LogP contribution in [0, 0.1) is 0 Å². The van der Waals surface area contributed by atoms with Crippen LogP contribution in [0.15, 0.2) is 0 Å². The number of hydrogen-bond donors (Lipinski definition) is 1. The van der Waals surface area contributed by atoms with Gasteiger partial charge < -0.3 is 20.3 Å². The molecule has 1 unspecified atom stereocenters. The van der Waals surface area contributed by atoms with E-state index < -0.39 is 6.04 Å². The summed E-state index contributed by atoms with van der Waals surface area (Å²) in [5.41, 5.74) is 5.67. The minimum atomic E-state index is -0.666. The smallest absolute Gasteiger partial charge is 0.242 e. The van der Waals surface area contributed by atoms with Crippen LogP contribution in [-0.2, 0) is 14.3 Å². The molecule has 2 rings (SSSR count). The Kier molecular flexibility index (Phi) is 5.37. The summed E-state index contributed by atoms with van der Waals surface area (Å²) in [7, 11) is 1.50. The summed E-state index contributed by atoms with van der Waals surface area (Å²) in [5.74, 6) is -0.160. The zero-order chi connectivity index (χ0) is 12.4. The molecular formula is C11H20ClN3O3. The lowest BCUT2D eigenvalue weighted by atomic mass is 10.2. The van der Waals surface area contributed by atoms with E-state index in [0.717, 1.165) is 12.8 Å². The second kappa shape index (κ2) is 6.36. The van der Waals surface area contributed by atoms with E-state index >= 15 is 0 Å². The zero-order valence-corrected chi connectivity index (χ0v) is 11.3. The number of carbonyl (C=O) groups excluding carboxylic acids is 2. The maximum absolute atomic E-state index is 11.9. The quantitative estimate of drug-likeness (QED) is 0.731. The molecule has 1 saturated heterocycles. The van der Waals surface area contributed by atoms with Crippen molar-refractivity contribution in [2.75, 3.05) is 33.4 Å². The molecule has 18 heavy (non-hydrogen) atoms. The summed E-state index contributed by atoms with van der Waals surface area (Å²) in [6.07, 6.45) is 2.20. The lowest BCUT2D eigenvalue weighted by molar-refractivity contribution is -0.147. The Balaban J connectivity index is 0.00000162. The summed E-state index contributed by atoms with van der Waals surface area (Å²) in [6, 6.07) is -0.243. The van der Waals surface area contributed by atoms with Gasteiger partial charge in [0.25, 0.3) is 0 Å². The number of hydrogen-bond acceptors (Lipinski definition) is 4. The Morgan fingerprint density at radius 1 is 1.50 bits per heavy atom. The third kappa shape index (κ3) is 3.34. The lowest BCUT2D eigenvalue weighted by Gasteiger charge is -2.35. The first kappa shape index (κ1) is 15.2. The lowest BCUT2D eigenvalue weighted by Crippen LogP contribution is -2.56. The van der Waals surface area contributed by atoms with Crippen LogP contribution >= 0.6 is 12.4 Å². The molecule has 0 radical (unpaired) electrons. The van der Waals surface area contributed by atoms with Gasteiger partial charge in [0.1, 0.15) is 6.04 Å². The van der Waals surface area contributed by atoms with Crippen LogP contribution in [0.4, 0.5) is 0 Å². The van der Waals surface area contributed by atoms with Gasteiger partial charge in [-0.1, -0.05) is 0 Å². The van der Waals surface area contributed by atoms with E-state index in [1.54, 1.807) is 0 Å². The maximum Gasteiger partial charge on any atom is 0.242 e. The average molecular weight is 278 g/mol. The van der Waals surface area contributed by atoms with E-state index in [-0.39, 0.29) is 37.4 Å². The van der Waals surface area contributed by atoms with E-state index in [4.69, 9.17) is 10.5 Å². The second-order valence-electron chi connectivity index (χ2n) is 4.64. The van der Waals surface area contributed by atoms with Gasteiger partial charge in [0, 0.05) is 26.2 Å². The number of nitrogens with two attached hydrogens (primary N) is 1. The van der Waals surface area contributed by atoms with Gasteiger partial charge in [-0.3, -0.25) is 9.59 Å². The molecule has 0 aromatic heterocycles. The maximum atomic E-state index is 11.9. The molecule has 0 aromatic carbocycles. The second-order valence-corrected chi connectivity index (χ2v) is 4.64. The first-order valence-corrected chi connectivity index (χ1v) is 5.96. The number of nitrogens with zero attached hydrogens (tertiary/aromatic N) is 2. The molecule has 2 amide bonds. The molecule has 0 spiro atoms. The zero-order valence-electron chi connectivity index (χ0n) is 10.5. The van der Waals surface area contributed by atoms with Crippen LogP contribution in [0.2, 0.25) is 0 Å². The fourth-order valence-electron chi connectivity index (χ4n) is 2.13. The monoisotopic (exact) mass is 277 g/mol. The number of ether oxygens (including phenoxy) is 1. The van der Waals surface area contributed by atoms with Crippen molar-refractivity contribution in [3.05, 3.63) is 0 Å². The van der Waals surface area contributed by atoms with Gasteiger partial charge in [-0.15, -0.1) is 12.4 Å². The Hall–Kier alpha value is -0.850. The first-order valence-electron chi connectivity index (χ1n) is 5.96. The predicted octanol–water partition coefficient (Wildman–Crippen LogP) is -0.785. The third-order valence-corrected chi connectivity index (χ3v) is 3.22. The summed E-state index contributed by atoms with van der Waals surface area (Å²) >= 11 is 0. The van der Waals surface area contributed by atoms with Gasteiger partial charge in [-0.2, -0.15) is 0 Å². The van der Waals surface area contributed by atoms with Crippen molar-refractivity contribution in [1.29, 1.82) is 0 Å². The SMILES string of the molecule is COCC(N)C(=O)N1CCN(C2CC2)C(=O)C1.Cl. The molecule has 2 aliphatic rings. The van der Waals surface area contributed by atoms with Gasteiger partial charge in [0.15, 0.2) is 0 Å². The molecule has 0 bridgehead atoms. The summed E-state index contributed by atoms with van der Waals surface area (Å²) in [4.78, 5) is 27.1. The number of carbonyl (C=O) groups is 2. The van der Waals surface area contributed by atoms with Crippen molar-refractivity contribution in [2.24, 2.45) is 5.73 Å². The van der Waals surface area contributed by atoms with E-state index in [0.29, 0.717) is 19.1 Å². The molecule has 1 aliphatic carbocycles. The van der Waals surface area contributed by atoms with E-state index in [2.05, 4.69) is 0 Å².